The fourth-order valence-corrected chi connectivity index (χ4v) is 2.09. The van der Waals surface area contributed by atoms with Crippen LogP contribution in [0, 0.1) is 5.92 Å². The highest BCUT2D eigenvalue weighted by atomic mass is 79.9. The van der Waals surface area contributed by atoms with Crippen LogP contribution in [-0.4, -0.2) is 11.9 Å². The lowest BCUT2D eigenvalue weighted by atomic mass is 10.1. The maximum absolute atomic E-state index is 11.7. The molecule has 1 aromatic heterocycles. The highest BCUT2D eigenvalue weighted by Crippen LogP contribution is 2.33. The normalized spacial score (nSPS) is 17.5. The molecule has 1 heterocycles. The number of furan rings is 1. The summed E-state index contributed by atoms with van der Waals surface area (Å²) in [4.78, 5) is 11.7. The maximum Gasteiger partial charge on any atom is 0.255 e. The second kappa shape index (κ2) is 4.39. The van der Waals surface area contributed by atoms with Crippen molar-refractivity contribution in [3.05, 3.63) is 22.6 Å². The number of nitrogens with one attached hydrogen (secondary N) is 1. The molecule has 1 aromatic rings. The second-order valence-corrected chi connectivity index (χ2v) is 4.88. The van der Waals surface area contributed by atoms with E-state index in [0.717, 1.165) is 12.3 Å². The molecule has 2 rings (SSSR count). The molecule has 0 aromatic carbocycles. The Labute approximate surface area is 97.4 Å². The molecule has 4 heteroatoms. The lowest BCUT2D eigenvalue weighted by Gasteiger charge is -2.12. The first-order chi connectivity index (χ1) is 7.16. The van der Waals surface area contributed by atoms with Crippen molar-refractivity contribution in [1.82, 2.24) is 5.32 Å². The Morgan fingerprint density at radius 3 is 3.00 bits per heavy atom. The minimum absolute atomic E-state index is 0.0659. The predicted molar refractivity (Wildman–Crippen MR) is 60.7 cm³/mol. The van der Waals surface area contributed by atoms with Crippen LogP contribution in [0.25, 0.3) is 0 Å². The van der Waals surface area contributed by atoms with Crippen LogP contribution in [-0.2, 0) is 0 Å². The Balaban J connectivity index is 1.88. The van der Waals surface area contributed by atoms with Crippen LogP contribution in [0.3, 0.4) is 0 Å². The highest BCUT2D eigenvalue weighted by molar-refractivity contribution is 9.10. The standard InChI is InChI=1S/C11H14BrNO2/c1-7(6-8-2-3-8)13-11(14)9-4-5-15-10(9)12/h4-5,7-8H,2-3,6H2,1H3,(H,13,14). The molecule has 0 spiro atoms. The second-order valence-electron chi connectivity index (χ2n) is 4.16. The fourth-order valence-electron chi connectivity index (χ4n) is 1.67. The van der Waals surface area contributed by atoms with Gasteiger partial charge in [-0.3, -0.25) is 4.79 Å². The van der Waals surface area contributed by atoms with Gasteiger partial charge in [-0.1, -0.05) is 12.8 Å². The molecule has 1 aliphatic carbocycles. The Morgan fingerprint density at radius 1 is 1.73 bits per heavy atom. The van der Waals surface area contributed by atoms with Gasteiger partial charge >= 0.3 is 0 Å². The van der Waals surface area contributed by atoms with Crippen molar-refractivity contribution in [2.24, 2.45) is 5.92 Å². The molecule has 1 saturated carbocycles. The summed E-state index contributed by atoms with van der Waals surface area (Å²) >= 11 is 3.19. The number of hydrogen-bond acceptors (Lipinski definition) is 2. The van der Waals surface area contributed by atoms with Gasteiger partial charge in [0.2, 0.25) is 0 Å². The van der Waals surface area contributed by atoms with Gasteiger partial charge in [0.05, 0.1) is 11.8 Å². The van der Waals surface area contributed by atoms with Crippen molar-refractivity contribution in [1.29, 1.82) is 0 Å². The van der Waals surface area contributed by atoms with E-state index in [1.165, 1.54) is 19.1 Å². The van der Waals surface area contributed by atoms with Crippen LogP contribution < -0.4 is 5.32 Å². The molecule has 1 aliphatic rings. The molecular formula is C11H14BrNO2. The maximum atomic E-state index is 11.7. The highest BCUT2D eigenvalue weighted by Gasteiger charge is 2.24. The molecule has 3 nitrogen and oxygen atoms in total. The molecule has 82 valence electrons. The first-order valence-corrected chi connectivity index (χ1v) is 6.00. The van der Waals surface area contributed by atoms with E-state index < -0.39 is 0 Å². The van der Waals surface area contributed by atoms with Crippen molar-refractivity contribution in [3.8, 4) is 0 Å². The number of rotatable bonds is 4. The quantitative estimate of drug-likeness (QED) is 0.915. The summed E-state index contributed by atoms with van der Waals surface area (Å²) in [5, 5.41) is 2.97. The molecule has 0 bridgehead atoms. The summed E-state index contributed by atoms with van der Waals surface area (Å²) in [6.07, 6.45) is 5.22. The number of hydrogen-bond donors (Lipinski definition) is 1. The van der Waals surface area contributed by atoms with Gasteiger partial charge in [0.15, 0.2) is 4.67 Å². The molecule has 0 radical (unpaired) electrons. The third kappa shape index (κ3) is 2.84. The average molecular weight is 272 g/mol. The zero-order chi connectivity index (χ0) is 10.8. The van der Waals surface area contributed by atoms with E-state index in [0.29, 0.717) is 10.2 Å². The van der Waals surface area contributed by atoms with Crippen LogP contribution in [0.1, 0.15) is 36.5 Å². The molecular weight excluding hydrogens is 258 g/mol. The van der Waals surface area contributed by atoms with Crippen LogP contribution in [0.2, 0.25) is 0 Å². The van der Waals surface area contributed by atoms with Crippen molar-refractivity contribution < 1.29 is 9.21 Å². The predicted octanol–water partition coefficient (Wildman–Crippen LogP) is 2.96. The monoisotopic (exact) mass is 271 g/mol. The van der Waals surface area contributed by atoms with E-state index in [1.54, 1.807) is 6.07 Å². The summed E-state index contributed by atoms with van der Waals surface area (Å²) in [6.45, 7) is 2.05. The lowest BCUT2D eigenvalue weighted by Crippen LogP contribution is -2.32. The van der Waals surface area contributed by atoms with Crippen LogP contribution in [0.15, 0.2) is 21.4 Å². The Hall–Kier alpha value is -0.770. The number of halogens is 1. The van der Waals surface area contributed by atoms with Gasteiger partial charge in [0, 0.05) is 6.04 Å². The van der Waals surface area contributed by atoms with Gasteiger partial charge in [-0.15, -0.1) is 0 Å². The molecule has 1 amide bonds. The molecule has 0 saturated heterocycles. The Kier molecular flexibility index (Phi) is 3.14. The zero-order valence-electron chi connectivity index (χ0n) is 8.63. The minimum atomic E-state index is -0.0659. The number of carbonyl (C=O) groups is 1. The summed E-state index contributed by atoms with van der Waals surface area (Å²) in [5.74, 6) is 0.761. The first-order valence-electron chi connectivity index (χ1n) is 5.20. The summed E-state index contributed by atoms with van der Waals surface area (Å²) in [7, 11) is 0. The fraction of sp³-hybridized carbons (Fsp3) is 0.545. The molecule has 1 fully saturated rings. The van der Waals surface area contributed by atoms with Crippen LogP contribution >= 0.6 is 15.9 Å². The van der Waals surface area contributed by atoms with E-state index in [-0.39, 0.29) is 11.9 Å². The van der Waals surface area contributed by atoms with E-state index in [1.807, 2.05) is 6.92 Å². The number of carbonyl (C=O) groups excluding carboxylic acids is 1. The van der Waals surface area contributed by atoms with E-state index in [2.05, 4.69) is 21.2 Å². The summed E-state index contributed by atoms with van der Waals surface area (Å²) in [6, 6.07) is 1.91. The van der Waals surface area contributed by atoms with Gasteiger partial charge in [-0.2, -0.15) is 0 Å². The molecule has 1 N–H and O–H groups in total. The SMILES string of the molecule is CC(CC1CC1)NC(=O)c1ccoc1Br. The minimum Gasteiger partial charge on any atom is -0.457 e. The smallest absolute Gasteiger partial charge is 0.255 e. The molecule has 15 heavy (non-hydrogen) atoms. The zero-order valence-corrected chi connectivity index (χ0v) is 10.2. The van der Waals surface area contributed by atoms with Crippen molar-refractivity contribution in [2.45, 2.75) is 32.2 Å². The summed E-state index contributed by atoms with van der Waals surface area (Å²) < 4.78 is 5.52. The van der Waals surface area contributed by atoms with Crippen molar-refractivity contribution in [3.63, 3.8) is 0 Å². The van der Waals surface area contributed by atoms with E-state index in [9.17, 15) is 4.79 Å². The molecule has 0 aliphatic heterocycles. The Bertz CT molecular complexity index is 357. The lowest BCUT2D eigenvalue weighted by molar-refractivity contribution is 0.0935. The largest absolute Gasteiger partial charge is 0.457 e. The third-order valence-corrected chi connectivity index (χ3v) is 3.24. The van der Waals surface area contributed by atoms with E-state index >= 15 is 0 Å². The van der Waals surface area contributed by atoms with Gasteiger partial charge < -0.3 is 9.73 Å². The van der Waals surface area contributed by atoms with Gasteiger partial charge in [-0.05, 0) is 41.3 Å². The topological polar surface area (TPSA) is 42.2 Å². The van der Waals surface area contributed by atoms with Gasteiger partial charge in [-0.25, -0.2) is 0 Å². The van der Waals surface area contributed by atoms with Crippen LogP contribution in [0.5, 0.6) is 0 Å². The van der Waals surface area contributed by atoms with Crippen LogP contribution in [0.4, 0.5) is 0 Å². The Morgan fingerprint density at radius 2 is 2.47 bits per heavy atom. The summed E-state index contributed by atoms with van der Waals surface area (Å²) in [5.41, 5.74) is 0.567. The molecule has 1 atom stereocenters. The van der Waals surface area contributed by atoms with Gasteiger partial charge in [0.25, 0.3) is 5.91 Å². The van der Waals surface area contributed by atoms with Crippen molar-refractivity contribution in [2.75, 3.05) is 0 Å². The number of amides is 1. The third-order valence-electron chi connectivity index (χ3n) is 2.62. The van der Waals surface area contributed by atoms with E-state index in [4.69, 9.17) is 4.42 Å². The van der Waals surface area contributed by atoms with Crippen molar-refractivity contribution >= 4 is 21.8 Å². The molecule has 1 unspecified atom stereocenters. The first kappa shape index (κ1) is 10.7. The van der Waals surface area contributed by atoms with Gasteiger partial charge in [0.1, 0.15) is 0 Å². The average Bonchev–Trinajstić information content (AvgIpc) is 2.85.